The van der Waals surface area contributed by atoms with Crippen LogP contribution in [0, 0.1) is 13.8 Å². The first kappa shape index (κ1) is 17.1. The molecule has 2 atom stereocenters. The van der Waals surface area contributed by atoms with Crippen molar-refractivity contribution in [2.75, 3.05) is 0 Å². The number of hydrogen-bond donors (Lipinski definition) is 3. The summed E-state index contributed by atoms with van der Waals surface area (Å²) in [7, 11) is 0. The minimum atomic E-state index is -1.26. The highest BCUT2D eigenvalue weighted by atomic mass is 16.4. The van der Waals surface area contributed by atoms with Crippen LogP contribution < -0.4 is 10.6 Å². The van der Waals surface area contributed by atoms with Crippen molar-refractivity contribution in [2.24, 2.45) is 0 Å². The van der Waals surface area contributed by atoms with Gasteiger partial charge in [-0.25, -0.2) is 9.59 Å². The van der Waals surface area contributed by atoms with E-state index < -0.39 is 17.5 Å². The Hall–Kier alpha value is -1.98. The molecule has 3 N–H and O–H groups in total. The van der Waals surface area contributed by atoms with Crippen LogP contribution in [0.1, 0.15) is 56.7 Å². The molecule has 1 aromatic rings. The number of urea groups is 1. The molecule has 0 radical (unpaired) electrons. The molecule has 0 spiro atoms. The van der Waals surface area contributed by atoms with Gasteiger partial charge < -0.3 is 20.2 Å². The van der Waals surface area contributed by atoms with Gasteiger partial charge >= 0.3 is 12.0 Å². The summed E-state index contributed by atoms with van der Waals surface area (Å²) >= 11 is 0. The molecule has 0 fully saturated rings. The molecular weight excluding hydrogens is 272 g/mol. The number of furan rings is 1. The van der Waals surface area contributed by atoms with Crippen molar-refractivity contribution in [1.29, 1.82) is 0 Å². The van der Waals surface area contributed by atoms with Crippen molar-refractivity contribution in [2.45, 2.75) is 59.0 Å². The number of rotatable bonds is 6. The summed E-state index contributed by atoms with van der Waals surface area (Å²) in [6, 6.07) is 1.10. The van der Waals surface area contributed by atoms with Crippen LogP contribution in [0.2, 0.25) is 0 Å². The van der Waals surface area contributed by atoms with E-state index in [2.05, 4.69) is 10.6 Å². The Morgan fingerprint density at radius 3 is 2.48 bits per heavy atom. The summed E-state index contributed by atoms with van der Waals surface area (Å²) in [5.41, 5.74) is -0.380. The van der Waals surface area contributed by atoms with E-state index in [1.165, 1.54) is 6.92 Å². The highest BCUT2D eigenvalue weighted by Crippen LogP contribution is 2.21. The molecule has 2 unspecified atom stereocenters. The van der Waals surface area contributed by atoms with Crippen molar-refractivity contribution in [3.8, 4) is 0 Å². The molecule has 0 bridgehead atoms. The molecule has 6 heteroatoms. The molecule has 118 valence electrons. The van der Waals surface area contributed by atoms with Crippen LogP contribution in [0.4, 0.5) is 4.79 Å². The molecular formula is C15H24N2O4. The third kappa shape index (κ3) is 4.24. The fourth-order valence-corrected chi connectivity index (χ4v) is 2.36. The quantitative estimate of drug-likeness (QED) is 0.752. The predicted molar refractivity (Wildman–Crippen MR) is 79.2 cm³/mol. The lowest BCUT2D eigenvalue weighted by atomic mass is 9.96. The molecule has 0 aliphatic heterocycles. The molecule has 0 saturated carbocycles. The first-order chi connectivity index (χ1) is 9.69. The van der Waals surface area contributed by atoms with Crippen LogP contribution in [0.5, 0.6) is 0 Å². The van der Waals surface area contributed by atoms with Crippen molar-refractivity contribution in [1.82, 2.24) is 10.6 Å². The van der Waals surface area contributed by atoms with E-state index in [1.54, 1.807) is 0 Å². The van der Waals surface area contributed by atoms with E-state index in [-0.39, 0.29) is 6.04 Å². The molecule has 0 aliphatic rings. The van der Waals surface area contributed by atoms with E-state index in [0.717, 1.165) is 17.1 Å². The Morgan fingerprint density at radius 1 is 1.43 bits per heavy atom. The van der Waals surface area contributed by atoms with E-state index >= 15 is 0 Å². The number of amides is 2. The Kier molecular flexibility index (Phi) is 5.41. The standard InChI is InChI=1S/C15H24N2O4/c1-6-7-15(5,13(18)19)17-14(20)16-10(3)12-8-9(2)21-11(12)4/h8,10H,6-7H2,1-5H3,(H,18,19)(H2,16,17,20). The lowest BCUT2D eigenvalue weighted by molar-refractivity contribution is -0.144. The summed E-state index contributed by atoms with van der Waals surface area (Å²) in [5, 5.41) is 14.5. The third-order valence-electron chi connectivity index (χ3n) is 3.50. The number of aliphatic carboxylic acids is 1. The Balaban J connectivity index is 2.72. The van der Waals surface area contributed by atoms with Gasteiger partial charge in [0, 0.05) is 5.56 Å². The number of nitrogens with one attached hydrogen (secondary N) is 2. The number of carbonyl (C=O) groups is 2. The largest absolute Gasteiger partial charge is 0.480 e. The molecule has 1 rings (SSSR count). The number of carboxylic acids is 1. The first-order valence-corrected chi connectivity index (χ1v) is 7.08. The van der Waals surface area contributed by atoms with Crippen LogP contribution in [0.25, 0.3) is 0 Å². The minimum absolute atomic E-state index is 0.262. The van der Waals surface area contributed by atoms with Gasteiger partial charge in [-0.05, 0) is 40.2 Å². The average Bonchev–Trinajstić information content (AvgIpc) is 2.68. The van der Waals surface area contributed by atoms with Crippen molar-refractivity contribution < 1.29 is 19.1 Å². The van der Waals surface area contributed by atoms with E-state index in [0.29, 0.717) is 12.8 Å². The van der Waals surface area contributed by atoms with Gasteiger partial charge in [0.25, 0.3) is 0 Å². The fourth-order valence-electron chi connectivity index (χ4n) is 2.36. The maximum atomic E-state index is 12.0. The summed E-state index contributed by atoms with van der Waals surface area (Å²) in [4.78, 5) is 23.3. The lowest BCUT2D eigenvalue weighted by Crippen LogP contribution is -2.55. The van der Waals surface area contributed by atoms with E-state index in [1.807, 2.05) is 33.8 Å². The lowest BCUT2D eigenvalue weighted by Gasteiger charge is -2.26. The van der Waals surface area contributed by atoms with Crippen molar-refractivity contribution in [3.05, 3.63) is 23.2 Å². The van der Waals surface area contributed by atoms with Gasteiger partial charge in [-0.2, -0.15) is 0 Å². The summed E-state index contributed by atoms with van der Waals surface area (Å²) in [6.07, 6.45) is 1.03. The monoisotopic (exact) mass is 296 g/mol. The third-order valence-corrected chi connectivity index (χ3v) is 3.50. The smallest absolute Gasteiger partial charge is 0.329 e. The van der Waals surface area contributed by atoms with Gasteiger partial charge in [-0.3, -0.25) is 0 Å². The van der Waals surface area contributed by atoms with Gasteiger partial charge in [-0.1, -0.05) is 13.3 Å². The molecule has 0 aliphatic carbocycles. The highest BCUT2D eigenvalue weighted by Gasteiger charge is 2.34. The molecule has 2 amide bonds. The second kappa shape index (κ2) is 6.65. The van der Waals surface area contributed by atoms with E-state index in [9.17, 15) is 14.7 Å². The normalized spacial score (nSPS) is 15.1. The second-order valence-corrected chi connectivity index (χ2v) is 5.58. The van der Waals surface area contributed by atoms with Crippen LogP contribution in [-0.2, 0) is 4.79 Å². The molecule has 1 aromatic heterocycles. The SMILES string of the molecule is CCCC(C)(NC(=O)NC(C)c1cc(C)oc1C)C(=O)O. The summed E-state index contributed by atoms with van der Waals surface area (Å²) in [5.74, 6) is 0.482. The molecule has 1 heterocycles. The Labute approximate surface area is 124 Å². The second-order valence-electron chi connectivity index (χ2n) is 5.58. The van der Waals surface area contributed by atoms with Crippen LogP contribution >= 0.6 is 0 Å². The number of hydrogen-bond acceptors (Lipinski definition) is 3. The van der Waals surface area contributed by atoms with Crippen LogP contribution in [-0.4, -0.2) is 22.6 Å². The van der Waals surface area contributed by atoms with E-state index in [4.69, 9.17) is 4.42 Å². The van der Waals surface area contributed by atoms with Gasteiger partial charge in [-0.15, -0.1) is 0 Å². The topological polar surface area (TPSA) is 91.6 Å². The zero-order chi connectivity index (χ0) is 16.2. The summed E-state index contributed by atoms with van der Waals surface area (Å²) in [6.45, 7) is 8.88. The maximum Gasteiger partial charge on any atom is 0.329 e. The van der Waals surface area contributed by atoms with Crippen LogP contribution in [0.3, 0.4) is 0 Å². The number of carboxylic acid groups (broad SMARTS) is 1. The van der Waals surface area contributed by atoms with Gasteiger partial charge in [0.15, 0.2) is 0 Å². The Morgan fingerprint density at radius 2 is 2.05 bits per heavy atom. The molecule has 0 saturated heterocycles. The Bertz CT molecular complexity index is 524. The number of aryl methyl sites for hydroxylation is 2. The zero-order valence-electron chi connectivity index (χ0n) is 13.2. The fraction of sp³-hybridized carbons (Fsp3) is 0.600. The maximum absolute atomic E-state index is 12.0. The summed E-state index contributed by atoms with van der Waals surface area (Å²) < 4.78 is 5.43. The van der Waals surface area contributed by atoms with Gasteiger partial charge in [0.05, 0.1) is 6.04 Å². The number of carbonyl (C=O) groups excluding carboxylic acids is 1. The average molecular weight is 296 g/mol. The van der Waals surface area contributed by atoms with Crippen LogP contribution in [0.15, 0.2) is 10.5 Å². The van der Waals surface area contributed by atoms with Gasteiger partial charge in [0.1, 0.15) is 17.1 Å². The van der Waals surface area contributed by atoms with Gasteiger partial charge in [0.2, 0.25) is 0 Å². The minimum Gasteiger partial charge on any atom is -0.480 e. The van der Waals surface area contributed by atoms with Crippen molar-refractivity contribution >= 4 is 12.0 Å². The highest BCUT2D eigenvalue weighted by molar-refractivity contribution is 5.86. The zero-order valence-corrected chi connectivity index (χ0v) is 13.2. The predicted octanol–water partition coefficient (Wildman–Crippen LogP) is 2.90. The molecule has 6 nitrogen and oxygen atoms in total. The molecule has 21 heavy (non-hydrogen) atoms. The van der Waals surface area contributed by atoms with Crippen molar-refractivity contribution in [3.63, 3.8) is 0 Å². The molecule has 0 aromatic carbocycles. The first-order valence-electron chi connectivity index (χ1n) is 7.08.